The number of aryl methyl sites for hydroxylation is 1. The summed E-state index contributed by atoms with van der Waals surface area (Å²) in [6.07, 6.45) is 1.33. The number of nitrogens with zero attached hydrogens (tertiary/aromatic N) is 2. The van der Waals surface area contributed by atoms with Crippen molar-refractivity contribution >= 4 is 45.5 Å². The molecule has 0 fully saturated rings. The zero-order valence-electron chi connectivity index (χ0n) is 13.1. The van der Waals surface area contributed by atoms with Crippen molar-refractivity contribution in [1.29, 1.82) is 0 Å². The van der Waals surface area contributed by atoms with Gasteiger partial charge in [-0.25, -0.2) is 9.31 Å². The summed E-state index contributed by atoms with van der Waals surface area (Å²) in [5, 5.41) is 16.4. The first-order valence-electron chi connectivity index (χ1n) is 7.56. The number of carbonyl (C=O) groups is 1. The molecule has 2 heterocycles. The van der Waals surface area contributed by atoms with Gasteiger partial charge in [0.05, 0.1) is 11.7 Å². The van der Waals surface area contributed by atoms with E-state index < -0.39 is 5.97 Å². The van der Waals surface area contributed by atoms with E-state index in [0.29, 0.717) is 15.7 Å². The van der Waals surface area contributed by atoms with Crippen LogP contribution in [0, 0.1) is 6.92 Å². The van der Waals surface area contributed by atoms with Crippen LogP contribution < -0.4 is 0 Å². The minimum Gasteiger partial charge on any atom is -0.478 e. The second-order valence-electron chi connectivity index (χ2n) is 5.81. The summed E-state index contributed by atoms with van der Waals surface area (Å²) >= 11 is 12.5. The largest absolute Gasteiger partial charge is 0.478 e. The van der Waals surface area contributed by atoms with E-state index in [9.17, 15) is 9.90 Å². The van der Waals surface area contributed by atoms with Crippen LogP contribution >= 0.6 is 23.2 Å². The van der Waals surface area contributed by atoms with Crippen LogP contribution in [0.3, 0.4) is 0 Å². The van der Waals surface area contributed by atoms with Crippen molar-refractivity contribution in [2.45, 2.75) is 6.92 Å². The van der Waals surface area contributed by atoms with E-state index in [1.807, 2.05) is 49.4 Å². The van der Waals surface area contributed by atoms with Gasteiger partial charge >= 0.3 is 5.97 Å². The first-order valence-corrected chi connectivity index (χ1v) is 8.32. The number of carboxylic acid groups (broad SMARTS) is 1. The molecule has 0 aliphatic carbocycles. The van der Waals surface area contributed by atoms with Crippen molar-refractivity contribution in [3.8, 4) is 11.1 Å². The number of halogens is 2. The lowest BCUT2D eigenvalue weighted by Crippen LogP contribution is -1.99. The molecule has 124 valence electrons. The van der Waals surface area contributed by atoms with Gasteiger partial charge in [-0.3, -0.25) is 0 Å². The molecule has 4 aromatic rings. The number of carboxylic acids is 1. The molecule has 4 rings (SSSR count). The van der Waals surface area contributed by atoms with E-state index in [1.54, 1.807) is 0 Å². The van der Waals surface area contributed by atoms with Gasteiger partial charge in [-0.05, 0) is 47.2 Å². The van der Waals surface area contributed by atoms with E-state index in [-0.39, 0.29) is 5.56 Å². The Balaban J connectivity index is 2.13. The highest BCUT2D eigenvalue weighted by Gasteiger charge is 2.19. The second-order valence-corrected chi connectivity index (χ2v) is 6.60. The summed E-state index contributed by atoms with van der Waals surface area (Å²) in [6.45, 7) is 1.89. The van der Waals surface area contributed by atoms with Gasteiger partial charge in [0.2, 0.25) is 0 Å². The lowest BCUT2D eigenvalue weighted by atomic mass is 9.98. The maximum absolute atomic E-state index is 11.6. The zero-order valence-corrected chi connectivity index (χ0v) is 14.6. The Morgan fingerprint density at radius 3 is 2.56 bits per heavy atom. The average molecular weight is 371 g/mol. The molecule has 0 amide bonds. The van der Waals surface area contributed by atoms with Gasteiger partial charge in [0, 0.05) is 10.4 Å². The third-order valence-electron chi connectivity index (χ3n) is 4.33. The van der Waals surface area contributed by atoms with Crippen LogP contribution in [-0.4, -0.2) is 20.7 Å². The van der Waals surface area contributed by atoms with Crippen molar-refractivity contribution in [3.05, 3.63) is 70.0 Å². The van der Waals surface area contributed by atoms with Crippen molar-refractivity contribution in [1.82, 2.24) is 9.61 Å². The third-order valence-corrected chi connectivity index (χ3v) is 5.01. The number of aromatic carboxylic acids is 1. The van der Waals surface area contributed by atoms with Crippen molar-refractivity contribution < 1.29 is 9.90 Å². The Morgan fingerprint density at radius 1 is 1.08 bits per heavy atom. The maximum atomic E-state index is 11.6. The van der Waals surface area contributed by atoms with Crippen LogP contribution in [0.2, 0.25) is 10.2 Å². The summed E-state index contributed by atoms with van der Waals surface area (Å²) < 4.78 is 1.48. The topological polar surface area (TPSA) is 54.6 Å². The predicted molar refractivity (Wildman–Crippen MR) is 99.9 cm³/mol. The number of hydrogen-bond donors (Lipinski definition) is 1. The Morgan fingerprint density at radius 2 is 1.84 bits per heavy atom. The fraction of sp³-hybridized carbons (Fsp3) is 0.0526. The molecule has 1 N–H and O–H groups in total. The quantitative estimate of drug-likeness (QED) is 0.476. The highest BCUT2D eigenvalue weighted by molar-refractivity contribution is 6.32. The standard InChI is InChI=1S/C19H12Cl2N2O2/c1-10-14-6-5-12(11-3-2-4-13(20)7-11)8-15(14)17-16(19(24)25)9-22-23(17)18(10)21/h2-9H,1H3,(H,24,25). The van der Waals surface area contributed by atoms with Gasteiger partial charge in [0.1, 0.15) is 10.7 Å². The highest BCUT2D eigenvalue weighted by Crippen LogP contribution is 2.34. The fourth-order valence-electron chi connectivity index (χ4n) is 3.10. The van der Waals surface area contributed by atoms with Gasteiger partial charge in [-0.2, -0.15) is 5.10 Å². The molecule has 4 nitrogen and oxygen atoms in total. The monoisotopic (exact) mass is 370 g/mol. The van der Waals surface area contributed by atoms with E-state index in [4.69, 9.17) is 23.2 Å². The molecule has 0 atom stereocenters. The second kappa shape index (κ2) is 5.76. The number of fused-ring (bicyclic) bond motifs is 3. The Kier molecular flexibility index (Phi) is 3.67. The molecule has 6 heteroatoms. The Hall–Kier alpha value is -2.56. The molecular weight excluding hydrogens is 359 g/mol. The van der Waals surface area contributed by atoms with Crippen molar-refractivity contribution in [2.75, 3.05) is 0 Å². The summed E-state index contributed by atoms with van der Waals surface area (Å²) in [5.74, 6) is -1.04. The van der Waals surface area contributed by atoms with E-state index in [0.717, 1.165) is 27.5 Å². The fourth-order valence-corrected chi connectivity index (χ4v) is 3.52. The van der Waals surface area contributed by atoms with Gasteiger partial charge in [-0.15, -0.1) is 0 Å². The van der Waals surface area contributed by atoms with Crippen molar-refractivity contribution in [2.24, 2.45) is 0 Å². The number of rotatable bonds is 2. The normalized spacial score (nSPS) is 11.3. The van der Waals surface area contributed by atoms with Gasteiger partial charge in [-0.1, -0.05) is 47.5 Å². The number of pyridine rings is 1. The predicted octanol–water partition coefficient (Wildman–Crippen LogP) is 5.47. The van der Waals surface area contributed by atoms with Crippen LogP contribution in [-0.2, 0) is 0 Å². The van der Waals surface area contributed by atoms with E-state index in [1.165, 1.54) is 10.7 Å². The number of benzene rings is 2. The van der Waals surface area contributed by atoms with E-state index >= 15 is 0 Å². The molecule has 25 heavy (non-hydrogen) atoms. The van der Waals surface area contributed by atoms with Gasteiger partial charge in [0.25, 0.3) is 0 Å². The molecule has 0 radical (unpaired) electrons. The lowest BCUT2D eigenvalue weighted by Gasteiger charge is -2.11. The smallest absolute Gasteiger partial charge is 0.339 e. The molecule has 0 saturated carbocycles. The summed E-state index contributed by atoms with van der Waals surface area (Å²) in [6, 6.07) is 13.4. The van der Waals surface area contributed by atoms with Crippen LogP contribution in [0.4, 0.5) is 0 Å². The zero-order chi connectivity index (χ0) is 17.7. The first-order chi connectivity index (χ1) is 12.0. The molecule has 0 spiro atoms. The Bertz CT molecular complexity index is 1170. The van der Waals surface area contributed by atoms with Crippen molar-refractivity contribution in [3.63, 3.8) is 0 Å². The van der Waals surface area contributed by atoms with Crippen LogP contribution in [0.15, 0.2) is 48.7 Å². The minimum absolute atomic E-state index is 0.121. The van der Waals surface area contributed by atoms with Gasteiger partial charge < -0.3 is 5.11 Å². The lowest BCUT2D eigenvalue weighted by molar-refractivity contribution is 0.0699. The SMILES string of the molecule is Cc1c(Cl)n2ncc(C(=O)O)c2c2cc(-c3cccc(Cl)c3)ccc12. The van der Waals surface area contributed by atoms with E-state index in [2.05, 4.69) is 5.10 Å². The third kappa shape index (κ3) is 2.46. The number of hydrogen-bond acceptors (Lipinski definition) is 2. The van der Waals surface area contributed by atoms with Gasteiger partial charge in [0.15, 0.2) is 0 Å². The first kappa shape index (κ1) is 15.9. The molecular formula is C19H12Cl2N2O2. The molecule has 0 aliphatic rings. The molecule has 0 unspecified atom stereocenters. The van der Waals surface area contributed by atoms with Crippen LogP contribution in [0.5, 0.6) is 0 Å². The molecule has 2 aromatic heterocycles. The van der Waals surface area contributed by atoms with Crippen LogP contribution in [0.25, 0.3) is 27.4 Å². The Labute approximate surface area is 153 Å². The summed E-state index contributed by atoms with van der Waals surface area (Å²) in [5.41, 5.74) is 3.35. The minimum atomic E-state index is -1.04. The highest BCUT2D eigenvalue weighted by atomic mass is 35.5. The average Bonchev–Trinajstić information content (AvgIpc) is 3.05. The molecule has 0 bridgehead atoms. The summed E-state index contributed by atoms with van der Waals surface area (Å²) in [7, 11) is 0. The number of aromatic nitrogens is 2. The molecule has 0 saturated heterocycles. The van der Waals surface area contributed by atoms with Crippen LogP contribution in [0.1, 0.15) is 15.9 Å². The summed E-state index contributed by atoms with van der Waals surface area (Å²) in [4.78, 5) is 11.6. The maximum Gasteiger partial charge on any atom is 0.339 e. The molecule has 0 aliphatic heterocycles. The molecule has 2 aromatic carbocycles.